The van der Waals surface area contributed by atoms with E-state index in [9.17, 15) is 0 Å². The number of thiophene rings is 1. The Morgan fingerprint density at radius 1 is 1.16 bits per heavy atom. The summed E-state index contributed by atoms with van der Waals surface area (Å²) >= 11 is 1.56. The van der Waals surface area contributed by atoms with Crippen LogP contribution in [-0.4, -0.2) is 9.97 Å². The van der Waals surface area contributed by atoms with E-state index in [-0.39, 0.29) is 0 Å². The lowest BCUT2D eigenvalue weighted by Crippen LogP contribution is -2.01. The number of aryl methyl sites for hydroxylation is 2. The van der Waals surface area contributed by atoms with Gasteiger partial charge in [0.15, 0.2) is 0 Å². The van der Waals surface area contributed by atoms with E-state index in [2.05, 4.69) is 47.3 Å². The predicted octanol–water partition coefficient (Wildman–Crippen LogP) is 3.63. The molecule has 0 aliphatic heterocycles. The van der Waals surface area contributed by atoms with Crippen LogP contribution < -0.4 is 11.1 Å². The molecule has 3 N–H and O–H groups in total. The molecule has 0 saturated carbocycles. The van der Waals surface area contributed by atoms with Crippen molar-refractivity contribution in [1.82, 2.24) is 9.97 Å². The molecule has 2 aromatic heterocycles. The second-order valence-corrected chi connectivity index (χ2v) is 5.41. The van der Waals surface area contributed by atoms with Crippen molar-refractivity contribution in [3.05, 3.63) is 40.8 Å². The van der Waals surface area contributed by atoms with Crippen LogP contribution in [0.3, 0.4) is 0 Å². The fraction of sp³-hybridized carbons (Fsp3) is 0.143. The van der Waals surface area contributed by atoms with Crippen molar-refractivity contribution in [1.29, 1.82) is 0 Å². The van der Waals surface area contributed by atoms with E-state index in [1.165, 1.54) is 11.1 Å². The first-order valence-electron chi connectivity index (χ1n) is 5.98. The van der Waals surface area contributed by atoms with Gasteiger partial charge in [0, 0.05) is 5.69 Å². The average molecular weight is 270 g/mol. The first-order valence-corrected chi connectivity index (χ1v) is 6.86. The van der Waals surface area contributed by atoms with Crippen molar-refractivity contribution in [2.75, 3.05) is 11.1 Å². The van der Waals surface area contributed by atoms with Gasteiger partial charge in [0.25, 0.3) is 0 Å². The van der Waals surface area contributed by atoms with Crippen molar-refractivity contribution in [2.24, 2.45) is 0 Å². The Kier molecular flexibility index (Phi) is 2.83. The molecular formula is C14H14N4S. The van der Waals surface area contributed by atoms with Crippen LogP contribution in [0.15, 0.2) is 29.6 Å². The molecule has 0 amide bonds. The van der Waals surface area contributed by atoms with Gasteiger partial charge in [-0.1, -0.05) is 12.1 Å². The molecule has 5 heteroatoms. The molecule has 0 aliphatic carbocycles. The molecule has 0 saturated heterocycles. The normalized spacial score (nSPS) is 10.8. The lowest BCUT2D eigenvalue weighted by Gasteiger charge is -2.11. The minimum absolute atomic E-state index is 0.294. The summed E-state index contributed by atoms with van der Waals surface area (Å²) in [6.07, 6.45) is 0. The Morgan fingerprint density at radius 3 is 2.84 bits per heavy atom. The molecule has 0 spiro atoms. The number of anilines is 3. The van der Waals surface area contributed by atoms with Crippen LogP contribution in [0.4, 0.5) is 17.5 Å². The van der Waals surface area contributed by atoms with Crippen LogP contribution in [0.1, 0.15) is 11.1 Å². The highest BCUT2D eigenvalue weighted by atomic mass is 32.1. The monoisotopic (exact) mass is 270 g/mol. The minimum atomic E-state index is 0.294. The van der Waals surface area contributed by atoms with E-state index in [0.29, 0.717) is 5.95 Å². The fourth-order valence-electron chi connectivity index (χ4n) is 1.97. The van der Waals surface area contributed by atoms with Crippen LogP contribution >= 0.6 is 11.3 Å². The fourth-order valence-corrected chi connectivity index (χ4v) is 2.74. The summed E-state index contributed by atoms with van der Waals surface area (Å²) < 4.78 is 0. The molecule has 0 radical (unpaired) electrons. The number of nitrogens with one attached hydrogen (secondary N) is 1. The van der Waals surface area contributed by atoms with Crippen LogP contribution in [0.5, 0.6) is 0 Å². The number of hydrogen-bond donors (Lipinski definition) is 2. The zero-order valence-electron chi connectivity index (χ0n) is 10.8. The second-order valence-electron chi connectivity index (χ2n) is 4.51. The summed E-state index contributed by atoms with van der Waals surface area (Å²) in [5.74, 6) is 1.06. The molecule has 96 valence electrons. The topological polar surface area (TPSA) is 63.8 Å². The van der Waals surface area contributed by atoms with Gasteiger partial charge in [0.2, 0.25) is 5.95 Å². The van der Waals surface area contributed by atoms with E-state index >= 15 is 0 Å². The number of nitrogens with two attached hydrogens (primary N) is 1. The largest absolute Gasteiger partial charge is 0.368 e. The number of fused-ring (bicyclic) bond motifs is 1. The van der Waals surface area contributed by atoms with Crippen molar-refractivity contribution in [2.45, 2.75) is 13.8 Å². The molecule has 19 heavy (non-hydrogen) atoms. The van der Waals surface area contributed by atoms with E-state index in [1.807, 2.05) is 11.4 Å². The Morgan fingerprint density at radius 2 is 2.00 bits per heavy atom. The number of aromatic nitrogens is 2. The lowest BCUT2D eigenvalue weighted by molar-refractivity contribution is 1.24. The van der Waals surface area contributed by atoms with Gasteiger partial charge < -0.3 is 11.1 Å². The molecular weight excluding hydrogens is 256 g/mol. The lowest BCUT2D eigenvalue weighted by atomic mass is 10.1. The Bertz CT molecular complexity index is 748. The molecule has 4 nitrogen and oxygen atoms in total. The summed E-state index contributed by atoms with van der Waals surface area (Å²) in [6.45, 7) is 4.14. The predicted molar refractivity (Wildman–Crippen MR) is 81.0 cm³/mol. The third kappa shape index (κ3) is 2.24. The molecule has 0 unspecified atom stereocenters. The highest BCUT2D eigenvalue weighted by Gasteiger charge is 2.08. The third-order valence-corrected chi connectivity index (χ3v) is 3.80. The third-order valence-electron chi connectivity index (χ3n) is 2.99. The van der Waals surface area contributed by atoms with E-state index < -0.39 is 0 Å². The standard InChI is InChI=1S/C14H14N4S/c1-8-3-4-9(2)11(7-8)16-12-10-5-6-19-13(10)18-14(15)17-12/h3-7H,1-2H3,(H3,15,16,17,18). The van der Waals surface area contributed by atoms with Crippen LogP contribution in [0.2, 0.25) is 0 Å². The Balaban J connectivity index is 2.10. The molecule has 0 atom stereocenters. The SMILES string of the molecule is Cc1ccc(C)c(Nc2nc(N)nc3sccc23)c1. The number of benzene rings is 1. The maximum Gasteiger partial charge on any atom is 0.223 e. The highest BCUT2D eigenvalue weighted by molar-refractivity contribution is 7.16. The minimum Gasteiger partial charge on any atom is -0.368 e. The van der Waals surface area contributed by atoms with Crippen LogP contribution in [0.25, 0.3) is 10.2 Å². The van der Waals surface area contributed by atoms with Gasteiger partial charge >= 0.3 is 0 Å². The Hall–Kier alpha value is -2.14. The zero-order valence-corrected chi connectivity index (χ0v) is 11.6. The molecule has 0 aliphatic rings. The van der Waals surface area contributed by atoms with Crippen molar-refractivity contribution < 1.29 is 0 Å². The van der Waals surface area contributed by atoms with Gasteiger partial charge in [0.1, 0.15) is 10.6 Å². The molecule has 1 aromatic carbocycles. The summed E-state index contributed by atoms with van der Waals surface area (Å²) in [5.41, 5.74) is 9.17. The molecule has 3 aromatic rings. The number of hydrogen-bond acceptors (Lipinski definition) is 5. The van der Waals surface area contributed by atoms with Gasteiger partial charge in [0.05, 0.1) is 5.39 Å². The number of nitrogen functional groups attached to an aromatic ring is 1. The van der Waals surface area contributed by atoms with Crippen molar-refractivity contribution in [3.8, 4) is 0 Å². The first kappa shape index (κ1) is 11.9. The maximum atomic E-state index is 5.75. The summed E-state index contributed by atoms with van der Waals surface area (Å²) in [5, 5.41) is 6.35. The van der Waals surface area contributed by atoms with E-state index in [4.69, 9.17) is 5.73 Å². The Labute approximate surface area is 115 Å². The van der Waals surface area contributed by atoms with E-state index in [1.54, 1.807) is 11.3 Å². The molecule has 3 rings (SSSR count). The smallest absolute Gasteiger partial charge is 0.223 e. The summed E-state index contributed by atoms with van der Waals surface area (Å²) in [7, 11) is 0. The van der Waals surface area contributed by atoms with Gasteiger partial charge in [-0.15, -0.1) is 11.3 Å². The first-order chi connectivity index (χ1) is 9.13. The quantitative estimate of drug-likeness (QED) is 0.746. The summed E-state index contributed by atoms with van der Waals surface area (Å²) in [4.78, 5) is 9.43. The van der Waals surface area contributed by atoms with Crippen molar-refractivity contribution >= 4 is 39.0 Å². The number of nitrogens with zero attached hydrogens (tertiary/aromatic N) is 2. The van der Waals surface area contributed by atoms with Gasteiger partial charge in [-0.25, -0.2) is 4.98 Å². The molecule has 0 fully saturated rings. The van der Waals surface area contributed by atoms with Gasteiger partial charge in [-0.05, 0) is 42.5 Å². The van der Waals surface area contributed by atoms with Crippen molar-refractivity contribution in [3.63, 3.8) is 0 Å². The molecule has 0 bridgehead atoms. The van der Waals surface area contributed by atoms with Crippen LogP contribution in [-0.2, 0) is 0 Å². The number of rotatable bonds is 2. The second kappa shape index (κ2) is 4.51. The van der Waals surface area contributed by atoms with Gasteiger partial charge in [-0.2, -0.15) is 4.98 Å². The van der Waals surface area contributed by atoms with Gasteiger partial charge in [-0.3, -0.25) is 0 Å². The average Bonchev–Trinajstić information content (AvgIpc) is 2.82. The summed E-state index contributed by atoms with van der Waals surface area (Å²) in [6, 6.07) is 8.29. The zero-order chi connectivity index (χ0) is 13.4. The van der Waals surface area contributed by atoms with Crippen LogP contribution in [0, 0.1) is 13.8 Å². The molecule has 2 heterocycles. The van der Waals surface area contributed by atoms with E-state index in [0.717, 1.165) is 21.7 Å². The maximum absolute atomic E-state index is 5.75. The highest BCUT2D eigenvalue weighted by Crippen LogP contribution is 2.29.